The Labute approximate surface area is 141 Å². The van der Waals surface area contributed by atoms with Crippen molar-refractivity contribution in [1.29, 1.82) is 0 Å². The van der Waals surface area contributed by atoms with E-state index in [9.17, 15) is 9.59 Å². The summed E-state index contributed by atoms with van der Waals surface area (Å²) in [5.41, 5.74) is 1.00. The number of nitrogens with one attached hydrogen (secondary N) is 1. The van der Waals surface area contributed by atoms with Gasteiger partial charge in [-0.3, -0.25) is 9.59 Å². The van der Waals surface area contributed by atoms with E-state index in [-0.39, 0.29) is 23.8 Å². The van der Waals surface area contributed by atoms with Crippen molar-refractivity contribution in [2.24, 2.45) is 11.1 Å². The number of amides is 2. The minimum atomic E-state index is -0.183. The van der Waals surface area contributed by atoms with Crippen molar-refractivity contribution in [3.05, 3.63) is 35.9 Å². The molecule has 2 aliphatic heterocycles. The highest BCUT2D eigenvalue weighted by molar-refractivity contribution is 5.99. The molecule has 0 bridgehead atoms. The lowest BCUT2D eigenvalue weighted by atomic mass is 9.96. The van der Waals surface area contributed by atoms with Gasteiger partial charge in [0.2, 0.25) is 11.8 Å². The van der Waals surface area contributed by atoms with E-state index in [1.54, 1.807) is 4.90 Å². The van der Waals surface area contributed by atoms with Gasteiger partial charge in [0.25, 0.3) is 0 Å². The SMILES string of the molecule is CC1CC(NC(=O)C2CCCN(C(=O)Cc3ccccc3)C2)=NO1. The van der Waals surface area contributed by atoms with Crippen LogP contribution in [-0.2, 0) is 20.8 Å². The maximum absolute atomic E-state index is 12.5. The largest absolute Gasteiger partial charge is 0.391 e. The van der Waals surface area contributed by atoms with Crippen LogP contribution in [0.25, 0.3) is 0 Å². The molecule has 6 nitrogen and oxygen atoms in total. The Morgan fingerprint density at radius 2 is 2.12 bits per heavy atom. The van der Waals surface area contributed by atoms with Gasteiger partial charge in [0.05, 0.1) is 12.3 Å². The predicted octanol–water partition coefficient (Wildman–Crippen LogP) is 1.71. The summed E-state index contributed by atoms with van der Waals surface area (Å²) in [6, 6.07) is 9.70. The minimum Gasteiger partial charge on any atom is -0.391 e. The number of carbonyl (C=O) groups is 2. The van der Waals surface area contributed by atoms with Crippen LogP contribution < -0.4 is 5.32 Å². The third-order valence-corrected chi connectivity index (χ3v) is 4.43. The van der Waals surface area contributed by atoms with Crippen LogP contribution in [0.3, 0.4) is 0 Å². The second-order valence-corrected chi connectivity index (χ2v) is 6.49. The van der Waals surface area contributed by atoms with Gasteiger partial charge >= 0.3 is 0 Å². The molecule has 1 fully saturated rings. The van der Waals surface area contributed by atoms with Gasteiger partial charge < -0.3 is 15.1 Å². The molecule has 0 aromatic heterocycles. The predicted molar refractivity (Wildman–Crippen MR) is 90.2 cm³/mol. The standard InChI is InChI=1S/C18H23N3O3/c1-13-10-16(20-24-13)19-18(23)15-8-5-9-21(12-15)17(22)11-14-6-3-2-4-7-14/h2-4,6-7,13,15H,5,8-12H2,1H3,(H,19,20,23). The van der Waals surface area contributed by atoms with E-state index in [0.717, 1.165) is 24.9 Å². The lowest BCUT2D eigenvalue weighted by Gasteiger charge is -2.32. The summed E-state index contributed by atoms with van der Waals surface area (Å²) in [4.78, 5) is 31.8. The first-order valence-electron chi connectivity index (χ1n) is 8.47. The Hall–Kier alpha value is -2.37. The molecule has 1 N–H and O–H groups in total. The number of oxime groups is 1. The first kappa shape index (κ1) is 16.5. The summed E-state index contributed by atoms with van der Waals surface area (Å²) in [5, 5.41) is 6.70. The highest BCUT2D eigenvalue weighted by Gasteiger charge is 2.30. The van der Waals surface area contributed by atoms with Gasteiger partial charge in [-0.05, 0) is 25.3 Å². The van der Waals surface area contributed by atoms with Crippen molar-refractivity contribution < 1.29 is 14.4 Å². The molecule has 2 heterocycles. The monoisotopic (exact) mass is 329 g/mol. The van der Waals surface area contributed by atoms with E-state index < -0.39 is 0 Å². The molecule has 2 aliphatic rings. The maximum Gasteiger partial charge on any atom is 0.230 e. The number of amidine groups is 1. The summed E-state index contributed by atoms with van der Waals surface area (Å²) in [6.45, 7) is 3.10. The van der Waals surface area contributed by atoms with E-state index in [2.05, 4.69) is 10.5 Å². The molecule has 0 saturated carbocycles. The van der Waals surface area contributed by atoms with Crippen molar-refractivity contribution in [2.45, 2.75) is 38.7 Å². The lowest BCUT2D eigenvalue weighted by molar-refractivity contribution is -0.134. The van der Waals surface area contributed by atoms with Crippen molar-refractivity contribution in [3.63, 3.8) is 0 Å². The molecule has 0 spiro atoms. The smallest absolute Gasteiger partial charge is 0.230 e. The van der Waals surface area contributed by atoms with Crippen LogP contribution in [0.5, 0.6) is 0 Å². The fourth-order valence-electron chi connectivity index (χ4n) is 3.12. The molecule has 2 amide bonds. The number of rotatable bonds is 3. The molecule has 1 aromatic carbocycles. The number of hydrogen-bond donors (Lipinski definition) is 1. The molecule has 2 atom stereocenters. The average Bonchev–Trinajstić information content (AvgIpc) is 3.00. The van der Waals surface area contributed by atoms with Gasteiger partial charge in [0.15, 0.2) is 5.84 Å². The van der Waals surface area contributed by atoms with Gasteiger partial charge in [-0.15, -0.1) is 0 Å². The molecule has 0 aliphatic carbocycles. The minimum absolute atomic E-state index is 0.00982. The second kappa shape index (κ2) is 7.47. The summed E-state index contributed by atoms with van der Waals surface area (Å²) in [7, 11) is 0. The molecular formula is C18H23N3O3. The molecule has 3 rings (SSSR count). The Kier molecular flexibility index (Phi) is 5.13. The zero-order chi connectivity index (χ0) is 16.9. The van der Waals surface area contributed by atoms with Crippen molar-refractivity contribution >= 4 is 17.6 Å². The Bertz CT molecular complexity index is 630. The van der Waals surface area contributed by atoms with Crippen LogP contribution in [0.15, 0.2) is 35.5 Å². The Balaban J connectivity index is 1.53. The highest BCUT2D eigenvalue weighted by atomic mass is 16.6. The summed E-state index contributed by atoms with van der Waals surface area (Å²) in [6.07, 6.45) is 2.65. The fourth-order valence-corrected chi connectivity index (χ4v) is 3.12. The summed E-state index contributed by atoms with van der Waals surface area (Å²) in [5.74, 6) is 0.412. The maximum atomic E-state index is 12.5. The Morgan fingerprint density at radius 3 is 2.83 bits per heavy atom. The first-order valence-corrected chi connectivity index (χ1v) is 8.47. The number of benzene rings is 1. The van der Waals surface area contributed by atoms with Gasteiger partial charge in [0, 0.05) is 19.5 Å². The van der Waals surface area contributed by atoms with Crippen LogP contribution >= 0.6 is 0 Å². The molecule has 6 heteroatoms. The van der Waals surface area contributed by atoms with Gasteiger partial charge in [-0.25, -0.2) is 0 Å². The van der Waals surface area contributed by atoms with Crippen molar-refractivity contribution in [2.75, 3.05) is 13.1 Å². The van der Waals surface area contributed by atoms with Crippen LogP contribution in [0, 0.1) is 5.92 Å². The van der Waals surface area contributed by atoms with E-state index >= 15 is 0 Å². The zero-order valence-electron chi connectivity index (χ0n) is 13.9. The molecule has 1 saturated heterocycles. The van der Waals surface area contributed by atoms with E-state index in [0.29, 0.717) is 25.2 Å². The highest BCUT2D eigenvalue weighted by Crippen LogP contribution is 2.18. The molecule has 2 unspecified atom stereocenters. The third-order valence-electron chi connectivity index (χ3n) is 4.43. The van der Waals surface area contributed by atoms with E-state index in [1.807, 2.05) is 37.3 Å². The first-order chi connectivity index (χ1) is 11.6. The quantitative estimate of drug-likeness (QED) is 0.917. The lowest BCUT2D eigenvalue weighted by Crippen LogP contribution is -2.47. The molecule has 1 aromatic rings. The van der Waals surface area contributed by atoms with Crippen LogP contribution in [0.1, 0.15) is 31.7 Å². The van der Waals surface area contributed by atoms with Crippen LogP contribution in [-0.4, -0.2) is 41.7 Å². The van der Waals surface area contributed by atoms with Crippen LogP contribution in [0.2, 0.25) is 0 Å². The van der Waals surface area contributed by atoms with E-state index in [1.165, 1.54) is 0 Å². The number of hydrogen-bond acceptors (Lipinski definition) is 4. The number of piperidine rings is 1. The van der Waals surface area contributed by atoms with Gasteiger partial charge in [-0.2, -0.15) is 0 Å². The zero-order valence-corrected chi connectivity index (χ0v) is 13.9. The third kappa shape index (κ3) is 4.13. The molecule has 128 valence electrons. The van der Waals surface area contributed by atoms with Gasteiger partial charge in [0.1, 0.15) is 6.10 Å². The molecule has 0 radical (unpaired) electrons. The topological polar surface area (TPSA) is 71.0 Å². The van der Waals surface area contributed by atoms with Crippen LogP contribution in [0.4, 0.5) is 0 Å². The van der Waals surface area contributed by atoms with Gasteiger partial charge in [-0.1, -0.05) is 35.5 Å². The molecular weight excluding hydrogens is 306 g/mol. The van der Waals surface area contributed by atoms with E-state index in [4.69, 9.17) is 4.84 Å². The van der Waals surface area contributed by atoms with Crippen molar-refractivity contribution in [1.82, 2.24) is 10.2 Å². The fraction of sp³-hybridized carbons (Fsp3) is 0.500. The number of carbonyl (C=O) groups excluding carboxylic acids is 2. The Morgan fingerprint density at radius 1 is 1.33 bits per heavy atom. The summed E-state index contributed by atoms with van der Waals surface area (Å²) >= 11 is 0. The number of nitrogens with zero attached hydrogens (tertiary/aromatic N) is 2. The second-order valence-electron chi connectivity index (χ2n) is 6.49. The molecule has 24 heavy (non-hydrogen) atoms. The van der Waals surface area contributed by atoms with Crippen molar-refractivity contribution in [3.8, 4) is 0 Å². The number of likely N-dealkylation sites (tertiary alicyclic amines) is 1. The summed E-state index contributed by atoms with van der Waals surface area (Å²) < 4.78 is 0. The normalized spacial score (nSPS) is 23.4. The average molecular weight is 329 g/mol.